The lowest BCUT2D eigenvalue weighted by Gasteiger charge is -2.38. The number of hydrazine groups is 1. The summed E-state index contributed by atoms with van der Waals surface area (Å²) in [7, 11) is 0. The summed E-state index contributed by atoms with van der Waals surface area (Å²) in [4.78, 5) is 26.0. The number of anilines is 1. The van der Waals surface area contributed by atoms with Gasteiger partial charge >= 0.3 is 11.9 Å². The normalized spacial score (nSPS) is 20.3. The van der Waals surface area contributed by atoms with Crippen molar-refractivity contribution < 1.29 is 19.1 Å². The Balaban J connectivity index is 1.82. The first-order chi connectivity index (χ1) is 18.7. The van der Waals surface area contributed by atoms with Crippen LogP contribution in [0.1, 0.15) is 38.8 Å². The van der Waals surface area contributed by atoms with Crippen molar-refractivity contribution in [1.82, 2.24) is 10.4 Å². The number of nitrogens with one attached hydrogen (secondary N) is 1. The summed E-state index contributed by atoms with van der Waals surface area (Å²) in [5, 5.41) is 16.7. The van der Waals surface area contributed by atoms with Crippen LogP contribution in [0.25, 0.3) is 0 Å². The maximum Gasteiger partial charge on any atom is 0.377 e. The number of amidine groups is 1. The van der Waals surface area contributed by atoms with E-state index in [0.717, 1.165) is 22.4 Å². The molecule has 2 aromatic rings. The maximum atomic E-state index is 13.1. The van der Waals surface area contributed by atoms with Gasteiger partial charge in [-0.05, 0) is 77.5 Å². The SMILES string of the molecule is CCOC(=O)C1=NN(c2ccc(C)cc2)C2(C)C=C(C)/C(=C(/N=Nc3ccc(C)cc3)C(=O)OCC)CNN12. The first-order valence-electron chi connectivity index (χ1n) is 12.9. The third-order valence-electron chi connectivity index (χ3n) is 6.46. The predicted molar refractivity (Wildman–Crippen MR) is 149 cm³/mol. The molecule has 0 radical (unpaired) electrons. The van der Waals surface area contributed by atoms with E-state index in [1.165, 1.54) is 0 Å². The van der Waals surface area contributed by atoms with E-state index < -0.39 is 17.6 Å². The summed E-state index contributed by atoms with van der Waals surface area (Å²) in [5.41, 5.74) is 7.37. The van der Waals surface area contributed by atoms with Crippen molar-refractivity contribution in [3.8, 4) is 0 Å². The number of benzene rings is 2. The van der Waals surface area contributed by atoms with Crippen molar-refractivity contribution in [3.05, 3.63) is 82.6 Å². The zero-order valence-corrected chi connectivity index (χ0v) is 23.2. The molecular formula is C29H34N6O4. The first kappa shape index (κ1) is 27.7. The highest BCUT2D eigenvalue weighted by Crippen LogP contribution is 2.37. The Hall–Kier alpha value is -4.31. The number of esters is 2. The fraction of sp³-hybridized carbons (Fsp3) is 0.345. The predicted octanol–water partition coefficient (Wildman–Crippen LogP) is 5.08. The number of azo groups is 1. The quantitative estimate of drug-likeness (QED) is 0.302. The molecule has 0 aromatic heterocycles. The zero-order valence-electron chi connectivity index (χ0n) is 23.2. The summed E-state index contributed by atoms with van der Waals surface area (Å²) in [6, 6.07) is 15.4. The molecule has 0 fully saturated rings. The molecule has 4 rings (SSSR count). The van der Waals surface area contributed by atoms with Crippen molar-refractivity contribution in [3.63, 3.8) is 0 Å². The van der Waals surface area contributed by atoms with Gasteiger partial charge in [0.25, 0.3) is 5.84 Å². The van der Waals surface area contributed by atoms with Gasteiger partial charge in [-0.2, -0.15) is 5.11 Å². The Morgan fingerprint density at radius 2 is 1.59 bits per heavy atom. The largest absolute Gasteiger partial charge is 0.461 e. The molecule has 1 atom stereocenters. The van der Waals surface area contributed by atoms with Crippen LogP contribution in [-0.4, -0.2) is 48.2 Å². The molecule has 10 nitrogen and oxygen atoms in total. The Bertz CT molecular complexity index is 1360. The molecule has 204 valence electrons. The smallest absolute Gasteiger partial charge is 0.377 e. The number of aryl methyl sites for hydroxylation is 2. The number of ether oxygens (including phenoxy) is 2. The van der Waals surface area contributed by atoms with Gasteiger partial charge in [0.05, 0.1) is 24.6 Å². The van der Waals surface area contributed by atoms with E-state index in [2.05, 4.69) is 20.8 Å². The Kier molecular flexibility index (Phi) is 8.25. The van der Waals surface area contributed by atoms with Crippen molar-refractivity contribution >= 4 is 29.1 Å². The zero-order chi connectivity index (χ0) is 28.2. The molecule has 0 saturated heterocycles. The van der Waals surface area contributed by atoms with Crippen molar-refractivity contribution in [2.75, 3.05) is 24.8 Å². The summed E-state index contributed by atoms with van der Waals surface area (Å²) in [5.74, 6) is -1.04. The monoisotopic (exact) mass is 530 g/mol. The second-order valence-corrected chi connectivity index (χ2v) is 9.47. The number of hydrogen-bond acceptors (Lipinski definition) is 10. The van der Waals surface area contributed by atoms with E-state index in [4.69, 9.17) is 9.47 Å². The summed E-state index contributed by atoms with van der Waals surface area (Å²) < 4.78 is 10.7. The van der Waals surface area contributed by atoms with Crippen molar-refractivity contribution in [1.29, 1.82) is 0 Å². The highest BCUT2D eigenvalue weighted by Gasteiger charge is 2.49. The molecule has 0 bridgehead atoms. The third kappa shape index (κ3) is 5.75. The number of hydrogen-bond donors (Lipinski definition) is 1. The van der Waals surface area contributed by atoms with E-state index in [1.807, 2.05) is 82.3 Å². The van der Waals surface area contributed by atoms with Gasteiger partial charge in [0.15, 0.2) is 11.4 Å². The van der Waals surface area contributed by atoms with E-state index >= 15 is 0 Å². The average molecular weight is 531 g/mol. The minimum absolute atomic E-state index is 0.0833. The highest BCUT2D eigenvalue weighted by atomic mass is 16.5. The van der Waals surface area contributed by atoms with E-state index in [-0.39, 0.29) is 31.3 Å². The number of nitrogens with zero attached hydrogens (tertiary/aromatic N) is 5. The van der Waals surface area contributed by atoms with Crippen LogP contribution in [-0.2, 0) is 19.1 Å². The van der Waals surface area contributed by atoms with Crippen molar-refractivity contribution in [2.45, 2.75) is 47.2 Å². The summed E-state index contributed by atoms with van der Waals surface area (Å²) in [6.07, 6.45) is 1.94. The van der Waals surface area contributed by atoms with Crippen LogP contribution in [0.15, 0.2) is 86.8 Å². The fourth-order valence-electron chi connectivity index (χ4n) is 4.45. The van der Waals surface area contributed by atoms with Crippen LogP contribution in [0.4, 0.5) is 11.4 Å². The molecule has 0 spiro atoms. The van der Waals surface area contributed by atoms with Crippen LogP contribution in [0.5, 0.6) is 0 Å². The lowest BCUT2D eigenvalue weighted by molar-refractivity contribution is -0.139. The second kappa shape index (κ2) is 11.6. The Morgan fingerprint density at radius 3 is 2.21 bits per heavy atom. The van der Waals surface area contributed by atoms with Gasteiger partial charge in [0.1, 0.15) is 0 Å². The molecule has 2 aliphatic heterocycles. The number of rotatable bonds is 7. The number of hydrazone groups is 1. The van der Waals surface area contributed by atoms with Gasteiger partial charge < -0.3 is 9.47 Å². The lowest BCUT2D eigenvalue weighted by atomic mass is 10.0. The molecule has 0 aliphatic carbocycles. The van der Waals surface area contributed by atoms with Gasteiger partial charge in [-0.25, -0.2) is 20.0 Å². The topological polar surface area (TPSA) is 108 Å². The molecule has 1 N–H and O–H groups in total. The number of fused-ring (bicyclic) bond motifs is 1. The van der Waals surface area contributed by atoms with Crippen LogP contribution in [0, 0.1) is 13.8 Å². The first-order valence-corrected chi connectivity index (χ1v) is 12.9. The molecule has 0 saturated carbocycles. The maximum absolute atomic E-state index is 13.1. The van der Waals surface area contributed by atoms with Crippen LogP contribution in [0.3, 0.4) is 0 Å². The lowest BCUT2D eigenvalue weighted by Crippen LogP contribution is -2.58. The third-order valence-corrected chi connectivity index (χ3v) is 6.46. The molecular weight excluding hydrogens is 496 g/mol. The Labute approximate surface area is 228 Å². The summed E-state index contributed by atoms with van der Waals surface area (Å²) >= 11 is 0. The van der Waals surface area contributed by atoms with Crippen LogP contribution < -0.4 is 10.4 Å². The highest BCUT2D eigenvalue weighted by molar-refractivity contribution is 6.36. The fourth-order valence-corrected chi connectivity index (χ4v) is 4.45. The van der Waals surface area contributed by atoms with Gasteiger partial charge in [-0.3, -0.25) is 5.01 Å². The molecule has 2 aromatic carbocycles. The van der Waals surface area contributed by atoms with Crippen LogP contribution >= 0.6 is 0 Å². The standard InChI is InChI=1S/C29H34N6O4/c1-7-38-27(36)25(32-31-22-13-9-19(3)10-14-22)24-18-30-35-26(28(37)39-8-2)33-34(29(35,6)17-21(24)5)23-15-11-20(4)12-16-23/h9-17,30H,7-8,18H2,1-6H3/b25-24+,32-31?. The van der Waals surface area contributed by atoms with E-state index in [0.29, 0.717) is 11.3 Å². The van der Waals surface area contributed by atoms with Gasteiger partial charge in [0.2, 0.25) is 0 Å². The van der Waals surface area contributed by atoms with E-state index in [9.17, 15) is 9.59 Å². The Morgan fingerprint density at radius 1 is 0.974 bits per heavy atom. The molecule has 1 unspecified atom stereocenters. The minimum atomic E-state index is -0.947. The number of carbonyl (C=O) groups is 2. The molecule has 2 aliphatic rings. The molecule has 39 heavy (non-hydrogen) atoms. The van der Waals surface area contributed by atoms with Crippen LogP contribution in [0.2, 0.25) is 0 Å². The van der Waals surface area contributed by atoms with Crippen molar-refractivity contribution in [2.24, 2.45) is 15.3 Å². The average Bonchev–Trinajstić information content (AvgIpc) is 3.11. The van der Waals surface area contributed by atoms with E-state index in [1.54, 1.807) is 23.9 Å². The minimum Gasteiger partial charge on any atom is -0.461 e. The van der Waals surface area contributed by atoms with Gasteiger partial charge in [0, 0.05) is 12.1 Å². The number of carbonyl (C=O) groups excluding carboxylic acids is 2. The summed E-state index contributed by atoms with van der Waals surface area (Å²) in [6.45, 7) is 11.9. The second-order valence-electron chi connectivity index (χ2n) is 9.47. The molecule has 0 amide bonds. The molecule has 2 heterocycles. The van der Waals surface area contributed by atoms with Gasteiger partial charge in [-0.15, -0.1) is 10.2 Å². The molecule has 10 heteroatoms. The van der Waals surface area contributed by atoms with Gasteiger partial charge in [-0.1, -0.05) is 35.4 Å².